The highest BCUT2D eigenvalue weighted by atomic mass is 19.1. The molecule has 27 heavy (non-hydrogen) atoms. The van der Waals surface area contributed by atoms with Crippen LogP contribution in [0.2, 0.25) is 0 Å². The molecule has 144 valence electrons. The van der Waals surface area contributed by atoms with E-state index < -0.39 is 0 Å². The summed E-state index contributed by atoms with van der Waals surface area (Å²) in [5, 5.41) is 2.96. The summed E-state index contributed by atoms with van der Waals surface area (Å²) >= 11 is 0. The summed E-state index contributed by atoms with van der Waals surface area (Å²) in [7, 11) is 0. The van der Waals surface area contributed by atoms with E-state index in [1.807, 2.05) is 31.2 Å². The number of piperazine rings is 1. The first kappa shape index (κ1) is 19.2. The number of halogens is 1. The first-order valence-electron chi connectivity index (χ1n) is 9.41. The molecule has 6 heteroatoms. The molecule has 0 atom stereocenters. The first-order chi connectivity index (χ1) is 13.2. The highest BCUT2D eigenvalue weighted by Gasteiger charge is 2.19. The van der Waals surface area contributed by atoms with Crippen molar-refractivity contribution in [1.82, 2.24) is 10.2 Å². The van der Waals surface area contributed by atoms with E-state index in [1.165, 1.54) is 6.07 Å². The Bertz CT molecular complexity index is 761. The molecule has 3 rings (SSSR count). The first-order valence-corrected chi connectivity index (χ1v) is 9.41. The summed E-state index contributed by atoms with van der Waals surface area (Å²) in [5.74, 6) is 0.311. The number of nitrogens with zero attached hydrogens (tertiary/aromatic N) is 2. The average Bonchev–Trinajstić information content (AvgIpc) is 2.70. The minimum Gasteiger partial charge on any atom is -0.493 e. The van der Waals surface area contributed by atoms with E-state index in [1.54, 1.807) is 18.2 Å². The Hall–Kier alpha value is -2.60. The third-order valence-electron chi connectivity index (χ3n) is 4.71. The number of para-hydroxylation sites is 2. The molecule has 1 fully saturated rings. The Kier molecular flexibility index (Phi) is 6.65. The van der Waals surface area contributed by atoms with E-state index >= 15 is 0 Å². The molecule has 0 spiro atoms. The second kappa shape index (κ2) is 9.37. The highest BCUT2D eigenvalue weighted by molar-refractivity contribution is 5.96. The highest BCUT2D eigenvalue weighted by Crippen LogP contribution is 2.20. The SMILES string of the molecule is CCOc1ccccc1C(=O)NCCN1CCN(c2ccccc2F)CC1. The van der Waals surface area contributed by atoms with Gasteiger partial charge in [-0.1, -0.05) is 24.3 Å². The Morgan fingerprint density at radius 1 is 1.07 bits per heavy atom. The van der Waals surface area contributed by atoms with Gasteiger partial charge in [0.1, 0.15) is 11.6 Å². The number of rotatable bonds is 7. The van der Waals surface area contributed by atoms with Gasteiger partial charge in [0.2, 0.25) is 0 Å². The molecule has 5 nitrogen and oxygen atoms in total. The predicted octanol–water partition coefficient (Wildman–Crippen LogP) is 2.78. The second-order valence-corrected chi connectivity index (χ2v) is 6.47. The average molecular weight is 371 g/mol. The lowest BCUT2D eigenvalue weighted by Gasteiger charge is -2.36. The summed E-state index contributed by atoms with van der Waals surface area (Å²) in [4.78, 5) is 16.8. The van der Waals surface area contributed by atoms with Crippen molar-refractivity contribution in [3.05, 3.63) is 59.9 Å². The third-order valence-corrected chi connectivity index (χ3v) is 4.71. The largest absolute Gasteiger partial charge is 0.493 e. The van der Waals surface area contributed by atoms with Crippen LogP contribution in [0.4, 0.5) is 10.1 Å². The fourth-order valence-corrected chi connectivity index (χ4v) is 3.28. The van der Waals surface area contributed by atoms with Crippen molar-refractivity contribution in [3.63, 3.8) is 0 Å². The van der Waals surface area contributed by atoms with Crippen LogP contribution in [0.3, 0.4) is 0 Å². The van der Waals surface area contributed by atoms with Crippen LogP contribution < -0.4 is 15.0 Å². The molecule has 1 amide bonds. The Morgan fingerprint density at radius 3 is 2.52 bits per heavy atom. The van der Waals surface area contributed by atoms with Crippen molar-refractivity contribution < 1.29 is 13.9 Å². The number of benzene rings is 2. The summed E-state index contributed by atoms with van der Waals surface area (Å²) in [6.07, 6.45) is 0. The topological polar surface area (TPSA) is 44.8 Å². The van der Waals surface area contributed by atoms with E-state index in [-0.39, 0.29) is 11.7 Å². The van der Waals surface area contributed by atoms with Gasteiger partial charge >= 0.3 is 0 Å². The van der Waals surface area contributed by atoms with Gasteiger partial charge in [-0.15, -0.1) is 0 Å². The van der Waals surface area contributed by atoms with Crippen LogP contribution in [0.25, 0.3) is 0 Å². The molecule has 0 aromatic heterocycles. The molecule has 2 aromatic rings. The third kappa shape index (κ3) is 4.98. The number of carbonyl (C=O) groups excluding carboxylic acids is 1. The van der Waals surface area contributed by atoms with E-state index in [9.17, 15) is 9.18 Å². The molecule has 1 aliphatic heterocycles. The summed E-state index contributed by atoms with van der Waals surface area (Å²) in [6.45, 7) is 7.02. The van der Waals surface area contributed by atoms with Crippen LogP contribution in [0.15, 0.2) is 48.5 Å². The Labute approximate surface area is 159 Å². The summed E-state index contributed by atoms with van der Waals surface area (Å²) < 4.78 is 19.4. The van der Waals surface area contributed by atoms with Gasteiger partial charge in [0.05, 0.1) is 17.9 Å². The van der Waals surface area contributed by atoms with Gasteiger partial charge in [-0.25, -0.2) is 4.39 Å². The van der Waals surface area contributed by atoms with Gasteiger partial charge < -0.3 is 15.0 Å². The van der Waals surface area contributed by atoms with Gasteiger partial charge in [-0.2, -0.15) is 0 Å². The zero-order valence-corrected chi connectivity index (χ0v) is 15.7. The van der Waals surface area contributed by atoms with E-state index in [2.05, 4.69) is 15.1 Å². The Balaban J connectivity index is 1.44. The second-order valence-electron chi connectivity index (χ2n) is 6.47. The minimum atomic E-state index is -0.175. The molecule has 0 saturated carbocycles. The maximum absolute atomic E-state index is 13.9. The number of amides is 1. The molecule has 0 bridgehead atoms. The normalized spacial score (nSPS) is 14.8. The summed E-state index contributed by atoms with van der Waals surface area (Å²) in [6, 6.07) is 14.2. The molecule has 1 saturated heterocycles. The number of hydrogen-bond donors (Lipinski definition) is 1. The number of ether oxygens (including phenoxy) is 1. The van der Waals surface area contributed by atoms with Crippen molar-refractivity contribution in [2.75, 3.05) is 50.8 Å². The van der Waals surface area contributed by atoms with E-state index in [4.69, 9.17) is 4.74 Å². The summed E-state index contributed by atoms with van der Waals surface area (Å²) in [5.41, 5.74) is 1.22. The number of nitrogens with one attached hydrogen (secondary N) is 1. The maximum atomic E-state index is 13.9. The van der Waals surface area contributed by atoms with Gasteiger partial charge in [0.15, 0.2) is 0 Å². The van der Waals surface area contributed by atoms with Crippen molar-refractivity contribution >= 4 is 11.6 Å². The molecule has 1 N–H and O–H groups in total. The molecular formula is C21H26FN3O2. The van der Waals surface area contributed by atoms with Crippen molar-refractivity contribution in [1.29, 1.82) is 0 Å². The maximum Gasteiger partial charge on any atom is 0.255 e. The van der Waals surface area contributed by atoms with Crippen LogP contribution >= 0.6 is 0 Å². The van der Waals surface area contributed by atoms with Gasteiger partial charge in [0, 0.05) is 39.3 Å². The molecule has 0 unspecified atom stereocenters. The van der Waals surface area contributed by atoms with Crippen LogP contribution in [0, 0.1) is 5.82 Å². The van der Waals surface area contributed by atoms with Gasteiger partial charge in [-0.3, -0.25) is 9.69 Å². The van der Waals surface area contributed by atoms with E-state index in [0.29, 0.717) is 30.2 Å². The standard InChI is InChI=1S/C21H26FN3O2/c1-2-27-20-10-6-3-7-17(20)21(26)23-11-12-24-13-15-25(16-14-24)19-9-5-4-8-18(19)22/h3-10H,2,11-16H2,1H3,(H,23,26). The van der Waals surface area contributed by atoms with Crippen LogP contribution in [-0.2, 0) is 0 Å². The number of carbonyl (C=O) groups is 1. The van der Waals surface area contributed by atoms with Gasteiger partial charge in [-0.05, 0) is 31.2 Å². The lowest BCUT2D eigenvalue weighted by atomic mass is 10.2. The molecular weight excluding hydrogens is 345 g/mol. The zero-order valence-electron chi connectivity index (χ0n) is 15.7. The fourth-order valence-electron chi connectivity index (χ4n) is 3.28. The van der Waals surface area contributed by atoms with Gasteiger partial charge in [0.25, 0.3) is 5.91 Å². The number of anilines is 1. The smallest absolute Gasteiger partial charge is 0.255 e. The van der Waals surface area contributed by atoms with Crippen molar-refractivity contribution in [2.24, 2.45) is 0 Å². The van der Waals surface area contributed by atoms with Crippen LogP contribution in [-0.4, -0.2) is 56.7 Å². The molecule has 1 heterocycles. The lowest BCUT2D eigenvalue weighted by molar-refractivity contribution is 0.0944. The number of hydrogen-bond acceptors (Lipinski definition) is 4. The van der Waals surface area contributed by atoms with Crippen molar-refractivity contribution in [3.8, 4) is 5.75 Å². The predicted molar refractivity (Wildman–Crippen MR) is 105 cm³/mol. The molecule has 0 aliphatic carbocycles. The zero-order chi connectivity index (χ0) is 19.1. The Morgan fingerprint density at radius 2 is 1.78 bits per heavy atom. The van der Waals surface area contributed by atoms with Crippen LogP contribution in [0.1, 0.15) is 17.3 Å². The molecule has 2 aromatic carbocycles. The minimum absolute atomic E-state index is 0.121. The van der Waals surface area contributed by atoms with Crippen molar-refractivity contribution in [2.45, 2.75) is 6.92 Å². The molecule has 1 aliphatic rings. The fraction of sp³-hybridized carbons (Fsp3) is 0.381. The molecule has 0 radical (unpaired) electrons. The van der Waals surface area contributed by atoms with Crippen LogP contribution in [0.5, 0.6) is 5.75 Å². The monoisotopic (exact) mass is 371 g/mol. The lowest BCUT2D eigenvalue weighted by Crippen LogP contribution is -2.48. The van der Waals surface area contributed by atoms with E-state index in [0.717, 1.165) is 32.7 Å². The quantitative estimate of drug-likeness (QED) is 0.813.